The van der Waals surface area contributed by atoms with Crippen LogP contribution in [-0.4, -0.2) is 31.3 Å². The van der Waals surface area contributed by atoms with Gasteiger partial charge in [0.1, 0.15) is 0 Å². The van der Waals surface area contributed by atoms with E-state index in [4.69, 9.17) is 0 Å². The van der Waals surface area contributed by atoms with Crippen LogP contribution >= 0.6 is 0 Å². The van der Waals surface area contributed by atoms with E-state index >= 15 is 0 Å². The number of Topliss-reactive ketones (excluding diaryl/α,β-unsaturated/α-hetero) is 1. The number of carboxylic acids is 1. The van der Waals surface area contributed by atoms with Crippen LogP contribution in [0, 0.1) is 0 Å². The standard InChI is InChI=1S/C16H12F3NO5S/c17-16(18,19)11-7-4-8-12(9-11)26(24,25)20-13(15(22)23)14(21)10-5-2-1-3-6-10/h1-9,13,20H,(H,22,23)/t13-/m1/s1. The molecule has 0 heterocycles. The fourth-order valence-electron chi connectivity index (χ4n) is 2.05. The minimum Gasteiger partial charge on any atom is -0.480 e. The SMILES string of the molecule is O=C(O)[C@H](NS(=O)(=O)c1cccc(C(F)(F)F)c1)C(=O)c1ccccc1. The first kappa shape index (κ1) is 19.6. The van der Waals surface area contributed by atoms with Gasteiger partial charge in [0.25, 0.3) is 0 Å². The molecule has 138 valence electrons. The number of sulfonamides is 1. The van der Waals surface area contributed by atoms with Gasteiger partial charge < -0.3 is 5.11 Å². The van der Waals surface area contributed by atoms with Gasteiger partial charge >= 0.3 is 12.1 Å². The van der Waals surface area contributed by atoms with Gasteiger partial charge in [0.2, 0.25) is 10.0 Å². The zero-order valence-electron chi connectivity index (χ0n) is 12.9. The fraction of sp³-hybridized carbons (Fsp3) is 0.125. The number of aliphatic carboxylic acids is 1. The number of carbonyl (C=O) groups excluding carboxylic acids is 1. The zero-order valence-corrected chi connectivity index (χ0v) is 13.7. The summed E-state index contributed by atoms with van der Waals surface area (Å²) in [6.45, 7) is 0. The Morgan fingerprint density at radius 3 is 2.15 bits per heavy atom. The van der Waals surface area contributed by atoms with Crippen LogP contribution in [0.2, 0.25) is 0 Å². The second kappa shape index (κ2) is 7.26. The number of carbonyl (C=O) groups is 2. The summed E-state index contributed by atoms with van der Waals surface area (Å²) in [4.78, 5) is 22.7. The van der Waals surface area contributed by atoms with Gasteiger partial charge in [-0.2, -0.15) is 17.9 Å². The second-order valence-corrected chi connectivity index (χ2v) is 6.86. The Balaban J connectivity index is 2.37. The van der Waals surface area contributed by atoms with E-state index in [0.717, 1.165) is 12.1 Å². The van der Waals surface area contributed by atoms with Crippen LogP contribution in [0.3, 0.4) is 0 Å². The monoisotopic (exact) mass is 387 g/mol. The van der Waals surface area contributed by atoms with Crippen molar-refractivity contribution in [1.29, 1.82) is 0 Å². The highest BCUT2D eigenvalue weighted by Gasteiger charge is 2.35. The Morgan fingerprint density at radius 1 is 1.00 bits per heavy atom. The highest BCUT2D eigenvalue weighted by atomic mass is 32.2. The number of ketones is 1. The summed E-state index contributed by atoms with van der Waals surface area (Å²) in [5.41, 5.74) is -1.28. The molecule has 6 nitrogen and oxygen atoms in total. The molecule has 0 aromatic heterocycles. The van der Waals surface area contributed by atoms with Crippen LogP contribution in [0.1, 0.15) is 15.9 Å². The highest BCUT2D eigenvalue weighted by molar-refractivity contribution is 7.89. The summed E-state index contributed by atoms with van der Waals surface area (Å²) in [7, 11) is -4.69. The van der Waals surface area contributed by atoms with E-state index in [1.807, 2.05) is 0 Å². The number of rotatable bonds is 6. The van der Waals surface area contributed by atoms with E-state index in [0.29, 0.717) is 12.1 Å². The molecule has 0 radical (unpaired) electrons. The normalized spacial score (nSPS) is 13.2. The third kappa shape index (κ3) is 4.46. The predicted molar refractivity (Wildman–Crippen MR) is 84.0 cm³/mol. The van der Waals surface area contributed by atoms with Gasteiger partial charge in [0, 0.05) is 5.56 Å². The van der Waals surface area contributed by atoms with Crippen molar-refractivity contribution in [2.45, 2.75) is 17.1 Å². The van der Waals surface area contributed by atoms with Crippen LogP contribution in [0.25, 0.3) is 0 Å². The summed E-state index contributed by atoms with van der Waals surface area (Å²) in [5.74, 6) is -2.83. The molecule has 0 amide bonds. The lowest BCUT2D eigenvalue weighted by atomic mass is 10.1. The molecule has 0 aliphatic carbocycles. The third-order valence-corrected chi connectivity index (χ3v) is 4.73. The maximum absolute atomic E-state index is 12.7. The first-order valence-electron chi connectivity index (χ1n) is 7.04. The lowest BCUT2D eigenvalue weighted by Gasteiger charge is -2.15. The minimum atomic E-state index is -4.78. The number of hydrogen-bond donors (Lipinski definition) is 2. The van der Waals surface area contributed by atoms with E-state index < -0.39 is 44.5 Å². The van der Waals surface area contributed by atoms with Crippen LogP contribution in [-0.2, 0) is 21.0 Å². The van der Waals surface area contributed by atoms with Gasteiger partial charge in [-0.15, -0.1) is 0 Å². The van der Waals surface area contributed by atoms with Crippen LogP contribution in [0.15, 0.2) is 59.5 Å². The maximum Gasteiger partial charge on any atom is 0.416 e. The van der Waals surface area contributed by atoms with Gasteiger partial charge in [-0.25, -0.2) is 13.2 Å². The summed E-state index contributed by atoms with van der Waals surface area (Å²) in [6, 6.07) is 7.62. The van der Waals surface area contributed by atoms with Gasteiger partial charge in [-0.3, -0.25) is 4.79 Å². The third-order valence-electron chi connectivity index (χ3n) is 3.31. The van der Waals surface area contributed by atoms with Crippen molar-refractivity contribution in [3.8, 4) is 0 Å². The molecule has 2 N–H and O–H groups in total. The summed E-state index contributed by atoms with van der Waals surface area (Å²) >= 11 is 0. The van der Waals surface area contributed by atoms with Crippen LogP contribution < -0.4 is 4.72 Å². The number of benzene rings is 2. The van der Waals surface area contributed by atoms with Crippen molar-refractivity contribution in [3.63, 3.8) is 0 Å². The van der Waals surface area contributed by atoms with Crippen molar-refractivity contribution in [3.05, 3.63) is 65.7 Å². The Morgan fingerprint density at radius 2 is 1.62 bits per heavy atom. The number of nitrogens with one attached hydrogen (secondary N) is 1. The highest BCUT2D eigenvalue weighted by Crippen LogP contribution is 2.30. The summed E-state index contributed by atoms with van der Waals surface area (Å²) < 4.78 is 64.4. The topological polar surface area (TPSA) is 101 Å². The van der Waals surface area contributed by atoms with E-state index in [1.165, 1.54) is 24.3 Å². The largest absolute Gasteiger partial charge is 0.480 e. The van der Waals surface area contributed by atoms with E-state index in [2.05, 4.69) is 0 Å². The summed E-state index contributed by atoms with van der Waals surface area (Å²) in [5, 5.41) is 9.17. The molecule has 2 rings (SSSR count). The number of hydrogen-bond acceptors (Lipinski definition) is 4. The van der Waals surface area contributed by atoms with Gasteiger partial charge in [0.15, 0.2) is 11.8 Å². The number of halogens is 3. The predicted octanol–water partition coefficient (Wildman–Crippen LogP) is 2.32. The molecule has 0 fully saturated rings. The van der Waals surface area contributed by atoms with Crippen molar-refractivity contribution in [1.82, 2.24) is 4.72 Å². The molecular weight excluding hydrogens is 375 g/mol. The average Bonchev–Trinajstić information content (AvgIpc) is 2.59. The van der Waals surface area contributed by atoms with Gasteiger partial charge in [-0.05, 0) is 18.2 Å². The summed E-state index contributed by atoms with van der Waals surface area (Å²) in [6.07, 6.45) is -4.78. The molecule has 2 aromatic carbocycles. The van der Waals surface area contributed by atoms with E-state index in [1.54, 1.807) is 10.8 Å². The average molecular weight is 387 g/mol. The molecule has 0 aliphatic rings. The smallest absolute Gasteiger partial charge is 0.416 e. The van der Waals surface area contributed by atoms with E-state index in [-0.39, 0.29) is 5.56 Å². The molecule has 0 saturated carbocycles. The Bertz CT molecular complexity index is 926. The van der Waals surface area contributed by atoms with Crippen LogP contribution in [0.5, 0.6) is 0 Å². The molecule has 1 atom stereocenters. The molecule has 0 aliphatic heterocycles. The lowest BCUT2D eigenvalue weighted by molar-refractivity contribution is -0.138. The van der Waals surface area contributed by atoms with E-state index in [9.17, 15) is 36.3 Å². The van der Waals surface area contributed by atoms with Crippen molar-refractivity contribution >= 4 is 21.8 Å². The van der Waals surface area contributed by atoms with Gasteiger partial charge in [0.05, 0.1) is 10.5 Å². The second-order valence-electron chi connectivity index (χ2n) is 5.15. The number of carboxylic acid groups (broad SMARTS) is 1. The molecule has 2 aromatic rings. The first-order chi connectivity index (χ1) is 12.0. The quantitative estimate of drug-likeness (QED) is 0.585. The van der Waals surface area contributed by atoms with Crippen molar-refractivity contribution in [2.24, 2.45) is 0 Å². The van der Waals surface area contributed by atoms with Crippen molar-refractivity contribution < 1.29 is 36.3 Å². The molecular formula is C16H12F3NO5S. The lowest BCUT2D eigenvalue weighted by Crippen LogP contribution is -2.46. The molecule has 10 heteroatoms. The Kier molecular flexibility index (Phi) is 5.47. The van der Waals surface area contributed by atoms with Crippen molar-refractivity contribution in [2.75, 3.05) is 0 Å². The molecule has 0 spiro atoms. The molecule has 0 saturated heterocycles. The maximum atomic E-state index is 12.7. The Hall–Kier alpha value is -2.72. The van der Waals surface area contributed by atoms with Gasteiger partial charge in [-0.1, -0.05) is 36.4 Å². The molecule has 0 unspecified atom stereocenters. The first-order valence-corrected chi connectivity index (χ1v) is 8.52. The zero-order chi connectivity index (χ0) is 19.5. The number of alkyl halides is 3. The fourth-order valence-corrected chi connectivity index (χ4v) is 3.24. The van der Waals surface area contributed by atoms with Crippen LogP contribution in [0.4, 0.5) is 13.2 Å². The molecule has 26 heavy (non-hydrogen) atoms. The minimum absolute atomic E-state index is 0.0633. The Labute approximate surface area is 146 Å². The molecule has 0 bridgehead atoms.